The largest absolute Gasteiger partial charge is 0.339 e. The number of aromatic nitrogens is 2. The molecule has 0 amide bonds. The summed E-state index contributed by atoms with van der Waals surface area (Å²) in [6.07, 6.45) is 4.47. The number of nitrogens with zero attached hydrogens (tertiary/aromatic N) is 4. The summed E-state index contributed by atoms with van der Waals surface area (Å²) in [5, 5.41) is 2.73. The van der Waals surface area contributed by atoms with Gasteiger partial charge in [-0.3, -0.25) is 4.90 Å². The summed E-state index contributed by atoms with van der Waals surface area (Å²) in [6.45, 7) is 5.19. The number of rotatable bonds is 3. The molecule has 0 radical (unpaired) electrons. The molecule has 2 aromatic rings. The summed E-state index contributed by atoms with van der Waals surface area (Å²) in [5.41, 5.74) is 0. The summed E-state index contributed by atoms with van der Waals surface area (Å²) in [5.74, 6) is 0.785. The molecule has 1 saturated heterocycles. The van der Waals surface area contributed by atoms with Gasteiger partial charge in [-0.1, -0.05) is 17.7 Å². The Hall–Kier alpha value is -1.17. The topological polar surface area (TPSA) is 32.3 Å². The van der Waals surface area contributed by atoms with Gasteiger partial charge in [-0.2, -0.15) is 0 Å². The maximum atomic E-state index is 5.83. The highest BCUT2D eigenvalue weighted by atomic mass is 35.5. The van der Waals surface area contributed by atoms with Gasteiger partial charge in [0.1, 0.15) is 0 Å². The predicted molar refractivity (Wildman–Crippen MR) is 83.5 cm³/mol. The summed E-state index contributed by atoms with van der Waals surface area (Å²) in [7, 11) is 0. The summed E-state index contributed by atoms with van der Waals surface area (Å²) >= 11 is 7.66. The first-order valence-electron chi connectivity index (χ1n) is 6.78. The molecule has 1 aliphatic rings. The molecule has 0 N–H and O–H groups in total. The Morgan fingerprint density at radius 3 is 2.75 bits per heavy atom. The Labute approximate surface area is 128 Å². The molecule has 1 aliphatic heterocycles. The van der Waals surface area contributed by atoms with E-state index >= 15 is 0 Å². The molecular formula is C14H17ClN4S. The molecule has 0 aliphatic carbocycles. The standard InChI is InChI=1S/C14H17ClN4S/c15-12-9-16-14(17-10-12)19-5-2-4-18(6-7-19)11-13-3-1-8-20-13/h1,3,8-10H,2,4-7,11H2. The molecule has 0 saturated carbocycles. The lowest BCUT2D eigenvalue weighted by Gasteiger charge is -2.21. The van der Waals surface area contributed by atoms with Gasteiger partial charge in [-0.15, -0.1) is 11.3 Å². The summed E-state index contributed by atoms with van der Waals surface area (Å²) in [4.78, 5) is 14.8. The van der Waals surface area contributed by atoms with E-state index < -0.39 is 0 Å². The van der Waals surface area contributed by atoms with Crippen molar-refractivity contribution in [3.05, 3.63) is 39.8 Å². The van der Waals surface area contributed by atoms with E-state index in [-0.39, 0.29) is 0 Å². The lowest BCUT2D eigenvalue weighted by atomic mass is 10.3. The van der Waals surface area contributed by atoms with E-state index in [0.717, 1.165) is 45.1 Å². The number of anilines is 1. The van der Waals surface area contributed by atoms with Crippen LogP contribution in [0.2, 0.25) is 5.02 Å². The van der Waals surface area contributed by atoms with Gasteiger partial charge in [0.15, 0.2) is 0 Å². The quantitative estimate of drug-likeness (QED) is 0.873. The van der Waals surface area contributed by atoms with Crippen LogP contribution in [-0.4, -0.2) is 41.0 Å². The van der Waals surface area contributed by atoms with Crippen molar-refractivity contribution in [2.75, 3.05) is 31.1 Å². The van der Waals surface area contributed by atoms with Crippen LogP contribution < -0.4 is 4.90 Å². The lowest BCUT2D eigenvalue weighted by Crippen LogP contribution is -2.31. The number of halogens is 1. The number of hydrogen-bond acceptors (Lipinski definition) is 5. The van der Waals surface area contributed by atoms with E-state index in [4.69, 9.17) is 11.6 Å². The van der Waals surface area contributed by atoms with Gasteiger partial charge in [-0.05, 0) is 17.9 Å². The van der Waals surface area contributed by atoms with E-state index in [2.05, 4.69) is 37.3 Å². The molecule has 4 nitrogen and oxygen atoms in total. The van der Waals surface area contributed by atoms with Crippen molar-refractivity contribution >= 4 is 28.9 Å². The highest BCUT2D eigenvalue weighted by Crippen LogP contribution is 2.16. The van der Waals surface area contributed by atoms with Gasteiger partial charge in [0.2, 0.25) is 5.95 Å². The Morgan fingerprint density at radius 2 is 2.00 bits per heavy atom. The van der Waals surface area contributed by atoms with Crippen LogP contribution >= 0.6 is 22.9 Å². The van der Waals surface area contributed by atoms with Crippen molar-refractivity contribution in [3.63, 3.8) is 0 Å². The monoisotopic (exact) mass is 308 g/mol. The average Bonchev–Trinajstić information content (AvgIpc) is 2.85. The first-order chi connectivity index (χ1) is 9.81. The van der Waals surface area contributed by atoms with Gasteiger partial charge in [0.05, 0.1) is 17.4 Å². The first-order valence-corrected chi connectivity index (χ1v) is 8.04. The third kappa shape index (κ3) is 3.48. The first kappa shape index (κ1) is 13.8. The molecule has 106 valence electrons. The molecule has 3 rings (SSSR count). The van der Waals surface area contributed by atoms with Gasteiger partial charge in [-0.25, -0.2) is 9.97 Å². The van der Waals surface area contributed by atoms with Gasteiger partial charge in [0.25, 0.3) is 0 Å². The fraction of sp³-hybridized carbons (Fsp3) is 0.429. The van der Waals surface area contributed by atoms with Crippen LogP contribution in [0.5, 0.6) is 0 Å². The minimum absolute atomic E-state index is 0.586. The average molecular weight is 309 g/mol. The highest BCUT2D eigenvalue weighted by Gasteiger charge is 2.17. The Kier molecular flexibility index (Phi) is 4.50. The predicted octanol–water partition coefficient (Wildman–Crippen LogP) is 2.90. The van der Waals surface area contributed by atoms with Crippen molar-refractivity contribution in [1.82, 2.24) is 14.9 Å². The second-order valence-corrected chi connectivity index (χ2v) is 6.37. The van der Waals surface area contributed by atoms with E-state index in [0.29, 0.717) is 5.02 Å². The molecule has 20 heavy (non-hydrogen) atoms. The smallest absolute Gasteiger partial charge is 0.225 e. The highest BCUT2D eigenvalue weighted by molar-refractivity contribution is 7.09. The molecule has 1 fully saturated rings. The minimum Gasteiger partial charge on any atom is -0.339 e. The third-order valence-electron chi connectivity index (χ3n) is 3.44. The SMILES string of the molecule is Clc1cnc(N2CCCN(Cc3cccs3)CC2)nc1. The van der Waals surface area contributed by atoms with E-state index in [1.165, 1.54) is 4.88 Å². The van der Waals surface area contributed by atoms with Crippen LogP contribution in [0, 0.1) is 0 Å². The maximum Gasteiger partial charge on any atom is 0.225 e. The fourth-order valence-corrected chi connectivity index (χ4v) is 3.26. The van der Waals surface area contributed by atoms with Crippen LogP contribution in [0.4, 0.5) is 5.95 Å². The van der Waals surface area contributed by atoms with Crippen LogP contribution in [0.1, 0.15) is 11.3 Å². The lowest BCUT2D eigenvalue weighted by molar-refractivity contribution is 0.288. The Balaban J connectivity index is 1.60. The van der Waals surface area contributed by atoms with Crippen LogP contribution in [0.25, 0.3) is 0 Å². The minimum atomic E-state index is 0.586. The van der Waals surface area contributed by atoms with Gasteiger partial charge >= 0.3 is 0 Å². The van der Waals surface area contributed by atoms with Crippen molar-refractivity contribution in [3.8, 4) is 0 Å². The third-order valence-corrected chi connectivity index (χ3v) is 4.49. The number of hydrogen-bond donors (Lipinski definition) is 0. The summed E-state index contributed by atoms with van der Waals surface area (Å²) < 4.78 is 0. The maximum absolute atomic E-state index is 5.83. The second kappa shape index (κ2) is 6.52. The zero-order chi connectivity index (χ0) is 13.8. The van der Waals surface area contributed by atoms with Crippen molar-refractivity contribution in [2.45, 2.75) is 13.0 Å². The normalized spacial score (nSPS) is 17.1. The van der Waals surface area contributed by atoms with Crippen LogP contribution in [-0.2, 0) is 6.54 Å². The van der Waals surface area contributed by atoms with E-state index in [9.17, 15) is 0 Å². The van der Waals surface area contributed by atoms with E-state index in [1.807, 2.05) is 11.3 Å². The molecule has 6 heteroatoms. The molecule has 3 heterocycles. The second-order valence-electron chi connectivity index (χ2n) is 4.90. The van der Waals surface area contributed by atoms with Gasteiger partial charge in [0, 0.05) is 37.6 Å². The molecule has 0 spiro atoms. The number of thiophene rings is 1. The molecule has 2 aromatic heterocycles. The van der Waals surface area contributed by atoms with Crippen LogP contribution in [0.15, 0.2) is 29.9 Å². The summed E-state index contributed by atoms with van der Waals surface area (Å²) in [6, 6.07) is 4.32. The van der Waals surface area contributed by atoms with Gasteiger partial charge < -0.3 is 4.90 Å². The fourth-order valence-electron chi connectivity index (χ4n) is 2.42. The van der Waals surface area contributed by atoms with E-state index in [1.54, 1.807) is 12.4 Å². The van der Waals surface area contributed by atoms with Crippen molar-refractivity contribution in [1.29, 1.82) is 0 Å². The molecule has 0 unspecified atom stereocenters. The van der Waals surface area contributed by atoms with Crippen molar-refractivity contribution in [2.24, 2.45) is 0 Å². The molecule has 0 atom stereocenters. The molecule has 0 aromatic carbocycles. The zero-order valence-corrected chi connectivity index (χ0v) is 12.8. The van der Waals surface area contributed by atoms with Crippen molar-refractivity contribution < 1.29 is 0 Å². The Bertz CT molecular complexity index is 529. The molecule has 0 bridgehead atoms. The molecular weight excluding hydrogens is 292 g/mol. The van der Waals surface area contributed by atoms with Crippen LogP contribution in [0.3, 0.4) is 0 Å². The zero-order valence-electron chi connectivity index (χ0n) is 11.2. The Morgan fingerprint density at radius 1 is 1.15 bits per heavy atom.